The quantitative estimate of drug-likeness (QED) is 0.425. The number of para-hydroxylation sites is 2. The number of nitrogens with one attached hydrogen (secondary N) is 2. The van der Waals surface area contributed by atoms with Crippen molar-refractivity contribution < 1.29 is 9.59 Å². The molecule has 0 unspecified atom stereocenters. The maximum Gasteiger partial charge on any atom is 0.297 e. The predicted molar refractivity (Wildman–Crippen MR) is 129 cm³/mol. The molecule has 0 bridgehead atoms. The summed E-state index contributed by atoms with van der Waals surface area (Å²) in [5, 5.41) is 13.4. The van der Waals surface area contributed by atoms with Gasteiger partial charge in [-0.25, -0.2) is 0 Å². The van der Waals surface area contributed by atoms with E-state index in [2.05, 4.69) is 20.8 Å². The zero-order valence-corrected chi connectivity index (χ0v) is 18.2. The topological polar surface area (TPSA) is 110 Å². The second kappa shape index (κ2) is 8.62. The Morgan fingerprint density at radius 2 is 1.62 bits per heavy atom. The van der Waals surface area contributed by atoms with E-state index in [0.717, 1.165) is 5.56 Å². The second-order valence-corrected chi connectivity index (χ2v) is 7.82. The smallest absolute Gasteiger partial charge is 0.297 e. The summed E-state index contributed by atoms with van der Waals surface area (Å²) in [6.45, 7) is 1.65. The molecule has 0 aliphatic rings. The van der Waals surface area contributed by atoms with Crippen molar-refractivity contribution in [3.63, 3.8) is 0 Å². The summed E-state index contributed by atoms with van der Waals surface area (Å²) in [4.78, 5) is 38.7. The fraction of sp³-hybridized carbons (Fsp3) is 0.0800. The Hall–Kier alpha value is -4.79. The van der Waals surface area contributed by atoms with Crippen molar-refractivity contribution in [3.05, 3.63) is 101 Å². The number of fused-ring (bicyclic) bond motifs is 3. The van der Waals surface area contributed by atoms with Crippen molar-refractivity contribution in [2.24, 2.45) is 0 Å². The van der Waals surface area contributed by atoms with Gasteiger partial charge in [0.1, 0.15) is 12.9 Å². The van der Waals surface area contributed by atoms with Crippen LogP contribution in [0.4, 0.5) is 11.4 Å². The van der Waals surface area contributed by atoms with Crippen molar-refractivity contribution in [2.75, 3.05) is 10.6 Å². The van der Waals surface area contributed by atoms with Gasteiger partial charge in [0.2, 0.25) is 11.6 Å². The van der Waals surface area contributed by atoms with Crippen LogP contribution in [0.15, 0.2) is 83.9 Å². The molecule has 5 aromatic rings. The van der Waals surface area contributed by atoms with Crippen molar-refractivity contribution in [1.82, 2.24) is 19.2 Å². The Morgan fingerprint density at radius 1 is 0.882 bits per heavy atom. The van der Waals surface area contributed by atoms with E-state index in [4.69, 9.17) is 0 Å². The molecule has 0 saturated heterocycles. The van der Waals surface area contributed by atoms with Crippen LogP contribution in [0, 0.1) is 6.92 Å². The molecule has 0 aliphatic heterocycles. The molecule has 168 valence electrons. The summed E-state index contributed by atoms with van der Waals surface area (Å²) in [6.07, 6.45) is 1.47. The van der Waals surface area contributed by atoms with Gasteiger partial charge in [0.15, 0.2) is 0 Å². The van der Waals surface area contributed by atoms with Gasteiger partial charge in [-0.3, -0.25) is 23.4 Å². The highest BCUT2D eigenvalue weighted by Crippen LogP contribution is 2.24. The fourth-order valence-electron chi connectivity index (χ4n) is 3.83. The summed E-state index contributed by atoms with van der Waals surface area (Å²) < 4.78 is 2.97. The standard InChI is InChI=1S/C25H20N6O3/c1-16-11-12-18(28-24(33)17-7-3-2-4-8-17)19(13-16)27-22(32)14-30-20-9-5-6-10-21(20)31-15-26-29-23(31)25(30)34/h2-13,15H,14H2,1H3,(H,27,32)(H,28,33). The Kier molecular flexibility index (Phi) is 5.35. The predicted octanol–water partition coefficient (Wildman–Crippen LogP) is 3.24. The van der Waals surface area contributed by atoms with Gasteiger partial charge in [-0.05, 0) is 48.9 Å². The van der Waals surface area contributed by atoms with Crippen LogP contribution >= 0.6 is 0 Å². The fourth-order valence-corrected chi connectivity index (χ4v) is 3.83. The van der Waals surface area contributed by atoms with E-state index in [1.54, 1.807) is 52.9 Å². The Morgan fingerprint density at radius 3 is 2.41 bits per heavy atom. The van der Waals surface area contributed by atoms with Crippen molar-refractivity contribution in [1.29, 1.82) is 0 Å². The minimum absolute atomic E-state index is 0.137. The maximum absolute atomic E-state index is 13.0. The molecule has 2 heterocycles. The zero-order valence-electron chi connectivity index (χ0n) is 18.2. The molecule has 2 N–H and O–H groups in total. The number of hydrogen-bond donors (Lipinski definition) is 2. The third-order valence-corrected chi connectivity index (χ3v) is 5.45. The largest absolute Gasteiger partial charge is 0.323 e. The molecule has 2 amide bonds. The molecule has 0 atom stereocenters. The number of hydrogen-bond acceptors (Lipinski definition) is 5. The van der Waals surface area contributed by atoms with Crippen LogP contribution in [0.5, 0.6) is 0 Å². The van der Waals surface area contributed by atoms with Gasteiger partial charge in [0, 0.05) is 5.56 Å². The minimum atomic E-state index is -0.423. The number of carbonyl (C=O) groups excluding carboxylic acids is 2. The molecule has 0 spiro atoms. The van der Waals surface area contributed by atoms with E-state index >= 15 is 0 Å². The number of amides is 2. The van der Waals surface area contributed by atoms with E-state index < -0.39 is 11.5 Å². The number of carbonyl (C=O) groups is 2. The molecule has 0 aliphatic carbocycles. The monoisotopic (exact) mass is 452 g/mol. The van der Waals surface area contributed by atoms with Crippen LogP contribution in [0.3, 0.4) is 0 Å². The Labute approximate surface area is 193 Å². The molecule has 0 radical (unpaired) electrons. The van der Waals surface area contributed by atoms with E-state index in [1.165, 1.54) is 10.9 Å². The third kappa shape index (κ3) is 3.90. The van der Waals surface area contributed by atoms with Gasteiger partial charge in [-0.1, -0.05) is 36.4 Å². The van der Waals surface area contributed by atoms with E-state index in [-0.39, 0.29) is 18.1 Å². The molecule has 2 aromatic heterocycles. The summed E-state index contributed by atoms with van der Waals surface area (Å²) in [6, 6.07) is 21.4. The molecule has 3 aromatic carbocycles. The van der Waals surface area contributed by atoms with Crippen LogP contribution < -0.4 is 16.2 Å². The SMILES string of the molecule is Cc1ccc(NC(=O)c2ccccc2)c(NC(=O)Cn2c(=O)c3nncn3c3ccccc32)c1. The molecule has 34 heavy (non-hydrogen) atoms. The molecule has 0 saturated carbocycles. The average molecular weight is 452 g/mol. The van der Waals surface area contributed by atoms with Crippen LogP contribution in [0.2, 0.25) is 0 Å². The van der Waals surface area contributed by atoms with Crippen LogP contribution in [-0.4, -0.2) is 31.0 Å². The number of rotatable bonds is 5. The molecule has 5 rings (SSSR count). The minimum Gasteiger partial charge on any atom is -0.323 e. The third-order valence-electron chi connectivity index (χ3n) is 5.45. The van der Waals surface area contributed by atoms with Gasteiger partial charge < -0.3 is 10.6 Å². The van der Waals surface area contributed by atoms with Crippen molar-refractivity contribution in [3.8, 4) is 0 Å². The lowest BCUT2D eigenvalue weighted by Gasteiger charge is -2.15. The summed E-state index contributed by atoms with van der Waals surface area (Å²) >= 11 is 0. The van der Waals surface area contributed by atoms with Crippen molar-refractivity contribution >= 4 is 39.9 Å². The number of nitrogens with zero attached hydrogens (tertiary/aromatic N) is 4. The summed E-state index contributed by atoms with van der Waals surface area (Å²) in [5.74, 6) is -0.712. The lowest BCUT2D eigenvalue weighted by molar-refractivity contribution is -0.116. The summed E-state index contributed by atoms with van der Waals surface area (Å²) in [7, 11) is 0. The van der Waals surface area contributed by atoms with Crippen LogP contribution in [0.25, 0.3) is 16.7 Å². The number of anilines is 2. The van der Waals surface area contributed by atoms with Gasteiger partial charge in [0.05, 0.1) is 22.4 Å². The number of benzene rings is 3. The molecule has 9 nitrogen and oxygen atoms in total. The van der Waals surface area contributed by atoms with E-state index in [9.17, 15) is 14.4 Å². The van der Waals surface area contributed by atoms with Crippen LogP contribution in [-0.2, 0) is 11.3 Å². The highest BCUT2D eigenvalue weighted by molar-refractivity contribution is 6.07. The molecule has 0 fully saturated rings. The van der Waals surface area contributed by atoms with Gasteiger partial charge >= 0.3 is 0 Å². The lowest BCUT2D eigenvalue weighted by Crippen LogP contribution is -2.29. The van der Waals surface area contributed by atoms with Gasteiger partial charge in [-0.2, -0.15) is 0 Å². The number of aromatic nitrogens is 4. The van der Waals surface area contributed by atoms with Gasteiger partial charge in [-0.15, -0.1) is 10.2 Å². The first kappa shape index (κ1) is 21.1. The highest BCUT2D eigenvalue weighted by Gasteiger charge is 2.16. The molecule has 9 heteroatoms. The Bertz CT molecular complexity index is 1600. The van der Waals surface area contributed by atoms with Crippen LogP contribution in [0.1, 0.15) is 15.9 Å². The first-order valence-corrected chi connectivity index (χ1v) is 10.6. The molecular formula is C25H20N6O3. The Balaban J connectivity index is 1.45. The summed E-state index contributed by atoms with van der Waals surface area (Å²) in [5.41, 5.74) is 3.30. The van der Waals surface area contributed by atoms with Crippen molar-refractivity contribution in [2.45, 2.75) is 13.5 Å². The zero-order chi connectivity index (χ0) is 23.7. The number of aryl methyl sites for hydroxylation is 1. The maximum atomic E-state index is 13.0. The second-order valence-electron chi connectivity index (χ2n) is 7.82. The highest BCUT2D eigenvalue weighted by atomic mass is 16.2. The molecular weight excluding hydrogens is 432 g/mol. The average Bonchev–Trinajstić information content (AvgIpc) is 3.34. The normalized spacial score (nSPS) is 11.0. The lowest BCUT2D eigenvalue weighted by atomic mass is 10.1. The van der Waals surface area contributed by atoms with Gasteiger partial charge in [0.25, 0.3) is 11.5 Å². The van der Waals surface area contributed by atoms with E-state index in [1.807, 2.05) is 31.2 Å². The first-order valence-electron chi connectivity index (χ1n) is 10.6. The van der Waals surface area contributed by atoms with E-state index in [0.29, 0.717) is 28.0 Å². The first-order chi connectivity index (χ1) is 16.5.